The molecule has 2 aliphatic rings. The predicted molar refractivity (Wildman–Crippen MR) is 95.0 cm³/mol. The normalized spacial score (nSPS) is 20.1. The first-order chi connectivity index (χ1) is 11.4. The second-order valence-corrected chi connectivity index (χ2v) is 6.59. The lowest BCUT2D eigenvalue weighted by atomic mass is 10.0. The lowest BCUT2D eigenvalue weighted by Gasteiger charge is -2.25. The molecule has 2 aromatic carbocycles. The van der Waals surface area contributed by atoms with Gasteiger partial charge in [-0.05, 0) is 55.1 Å². The average Bonchev–Trinajstić information content (AvgIpc) is 3.03. The summed E-state index contributed by atoms with van der Waals surface area (Å²) in [6, 6.07) is 13.0. The van der Waals surface area contributed by atoms with E-state index in [2.05, 4.69) is 46.5 Å². The molecule has 3 heteroatoms. The maximum absolute atomic E-state index is 5.64. The smallest absolute Gasteiger partial charge is 0.129 e. The fraction of sp³-hybridized carbons (Fsp3) is 0.450. The largest absolute Gasteiger partial charge is 0.394 e. The third-order valence-corrected chi connectivity index (χ3v) is 5.09. The van der Waals surface area contributed by atoms with Crippen molar-refractivity contribution in [3.8, 4) is 0 Å². The minimum absolute atomic E-state index is 0.701. The summed E-state index contributed by atoms with van der Waals surface area (Å²) in [5.74, 6) is 0. The molecule has 0 spiro atoms. The zero-order valence-corrected chi connectivity index (χ0v) is 13.6. The van der Waals surface area contributed by atoms with E-state index in [1.54, 1.807) is 0 Å². The summed E-state index contributed by atoms with van der Waals surface area (Å²) < 4.78 is 0. The first-order valence-electron chi connectivity index (χ1n) is 8.84. The van der Waals surface area contributed by atoms with E-state index in [1.165, 1.54) is 54.3 Å². The molecule has 0 unspecified atom stereocenters. The Kier molecular flexibility index (Phi) is 4.29. The van der Waals surface area contributed by atoms with Crippen molar-refractivity contribution in [2.75, 3.05) is 26.2 Å². The van der Waals surface area contributed by atoms with Gasteiger partial charge in [-0.25, -0.2) is 0 Å². The Morgan fingerprint density at radius 3 is 2.74 bits per heavy atom. The lowest BCUT2D eigenvalue weighted by molar-refractivity contribution is 0.102. The van der Waals surface area contributed by atoms with Crippen molar-refractivity contribution < 1.29 is 4.84 Å². The molecular formula is C20H24N2O. The maximum atomic E-state index is 5.64. The molecule has 1 heterocycles. The van der Waals surface area contributed by atoms with Gasteiger partial charge in [-0.1, -0.05) is 48.0 Å². The number of oxime groups is 1. The van der Waals surface area contributed by atoms with E-state index in [-0.39, 0.29) is 0 Å². The van der Waals surface area contributed by atoms with Gasteiger partial charge >= 0.3 is 0 Å². The van der Waals surface area contributed by atoms with Crippen LogP contribution in [0.15, 0.2) is 41.6 Å². The number of piperidine rings is 1. The summed E-state index contributed by atoms with van der Waals surface area (Å²) in [4.78, 5) is 8.12. The van der Waals surface area contributed by atoms with Crippen molar-refractivity contribution in [1.29, 1.82) is 0 Å². The van der Waals surface area contributed by atoms with Gasteiger partial charge in [0.25, 0.3) is 0 Å². The van der Waals surface area contributed by atoms with Crippen LogP contribution in [0.2, 0.25) is 0 Å². The second kappa shape index (κ2) is 6.71. The third kappa shape index (κ3) is 3.11. The first-order valence-corrected chi connectivity index (χ1v) is 8.84. The predicted octanol–water partition coefficient (Wildman–Crippen LogP) is 3.99. The topological polar surface area (TPSA) is 24.8 Å². The number of hydrogen-bond donors (Lipinski definition) is 0. The highest BCUT2D eigenvalue weighted by Crippen LogP contribution is 2.30. The minimum atomic E-state index is 0.701. The molecule has 120 valence electrons. The van der Waals surface area contributed by atoms with E-state index < -0.39 is 0 Å². The molecule has 0 saturated carbocycles. The van der Waals surface area contributed by atoms with Crippen molar-refractivity contribution in [1.82, 2.24) is 4.90 Å². The minimum Gasteiger partial charge on any atom is -0.394 e. The molecule has 3 nitrogen and oxygen atoms in total. The van der Waals surface area contributed by atoms with Crippen LogP contribution in [0.1, 0.15) is 36.8 Å². The third-order valence-electron chi connectivity index (χ3n) is 5.09. The molecule has 4 rings (SSSR count). The maximum Gasteiger partial charge on any atom is 0.129 e. The molecule has 23 heavy (non-hydrogen) atoms. The van der Waals surface area contributed by atoms with Crippen LogP contribution in [0.25, 0.3) is 10.8 Å². The number of likely N-dealkylation sites (tertiary alicyclic amines) is 1. The Bertz CT molecular complexity index is 717. The number of aryl methyl sites for hydroxylation is 1. The van der Waals surface area contributed by atoms with Gasteiger partial charge in [0.1, 0.15) is 6.61 Å². The zero-order chi connectivity index (χ0) is 15.5. The van der Waals surface area contributed by atoms with Crippen molar-refractivity contribution in [2.45, 2.75) is 32.1 Å². The molecule has 0 bridgehead atoms. The fourth-order valence-electron chi connectivity index (χ4n) is 3.83. The Morgan fingerprint density at radius 1 is 0.957 bits per heavy atom. The molecule has 2 aromatic rings. The van der Waals surface area contributed by atoms with Crippen LogP contribution in [0.5, 0.6) is 0 Å². The van der Waals surface area contributed by atoms with Crippen LogP contribution >= 0.6 is 0 Å². The number of fused-ring (bicyclic) bond motifs is 3. The summed E-state index contributed by atoms with van der Waals surface area (Å²) in [6.45, 7) is 4.14. The van der Waals surface area contributed by atoms with Crippen LogP contribution in [0.3, 0.4) is 0 Å². The Morgan fingerprint density at radius 2 is 1.83 bits per heavy atom. The number of nitrogens with zero attached hydrogens (tertiary/aromatic N) is 2. The van der Waals surface area contributed by atoms with Gasteiger partial charge in [0.15, 0.2) is 0 Å². The highest BCUT2D eigenvalue weighted by atomic mass is 16.6. The van der Waals surface area contributed by atoms with Gasteiger partial charge in [-0.3, -0.25) is 4.90 Å². The van der Waals surface area contributed by atoms with Crippen LogP contribution in [0.4, 0.5) is 0 Å². The SMILES string of the molecule is c1ccc2c3c(ccc2c1)C(=NOCCN1CCCCC1)CC3. The van der Waals surface area contributed by atoms with Crippen LogP contribution in [0, 0.1) is 0 Å². The van der Waals surface area contributed by atoms with E-state index in [0.717, 1.165) is 25.1 Å². The number of benzene rings is 2. The molecule has 0 atom stereocenters. The summed E-state index contributed by atoms with van der Waals surface area (Å²) in [5, 5.41) is 7.13. The molecular weight excluding hydrogens is 284 g/mol. The zero-order valence-electron chi connectivity index (χ0n) is 13.6. The monoisotopic (exact) mass is 308 g/mol. The van der Waals surface area contributed by atoms with Crippen LogP contribution < -0.4 is 0 Å². The molecule has 1 aliphatic carbocycles. The van der Waals surface area contributed by atoms with Gasteiger partial charge in [0.2, 0.25) is 0 Å². The van der Waals surface area contributed by atoms with Gasteiger partial charge in [-0.2, -0.15) is 0 Å². The summed E-state index contributed by atoms with van der Waals surface area (Å²) in [5.41, 5.74) is 3.83. The second-order valence-electron chi connectivity index (χ2n) is 6.59. The van der Waals surface area contributed by atoms with E-state index in [1.807, 2.05) is 0 Å². The van der Waals surface area contributed by atoms with Crippen molar-refractivity contribution in [3.63, 3.8) is 0 Å². The van der Waals surface area contributed by atoms with Crippen LogP contribution in [-0.4, -0.2) is 36.9 Å². The van der Waals surface area contributed by atoms with Gasteiger partial charge in [0, 0.05) is 12.1 Å². The molecule has 1 fully saturated rings. The summed E-state index contributed by atoms with van der Waals surface area (Å²) in [6.07, 6.45) is 6.10. The van der Waals surface area contributed by atoms with E-state index in [0.29, 0.717) is 6.61 Å². The Hall–Kier alpha value is -1.87. The number of hydrogen-bond acceptors (Lipinski definition) is 3. The van der Waals surface area contributed by atoms with Crippen LogP contribution in [-0.2, 0) is 11.3 Å². The number of rotatable bonds is 4. The molecule has 1 aliphatic heterocycles. The standard InChI is InChI=1S/C20H24N2O/c1-4-12-22(13-5-1)14-15-23-21-20-11-10-18-17-7-3-2-6-16(17)8-9-19(18)20/h2-3,6-9H,1,4-5,10-15H2. The fourth-order valence-corrected chi connectivity index (χ4v) is 3.83. The highest BCUT2D eigenvalue weighted by Gasteiger charge is 2.20. The summed E-state index contributed by atoms with van der Waals surface area (Å²) >= 11 is 0. The Balaban J connectivity index is 1.42. The summed E-state index contributed by atoms with van der Waals surface area (Å²) in [7, 11) is 0. The first kappa shape index (κ1) is 14.7. The molecule has 0 amide bonds. The average molecular weight is 308 g/mol. The van der Waals surface area contributed by atoms with Crippen molar-refractivity contribution in [2.24, 2.45) is 5.16 Å². The van der Waals surface area contributed by atoms with E-state index in [4.69, 9.17) is 4.84 Å². The van der Waals surface area contributed by atoms with Crippen molar-refractivity contribution in [3.05, 3.63) is 47.5 Å². The van der Waals surface area contributed by atoms with Gasteiger partial charge < -0.3 is 4.84 Å². The van der Waals surface area contributed by atoms with Gasteiger partial charge in [-0.15, -0.1) is 0 Å². The molecule has 0 N–H and O–H groups in total. The molecule has 0 radical (unpaired) electrons. The molecule has 1 saturated heterocycles. The van der Waals surface area contributed by atoms with Gasteiger partial charge in [0.05, 0.1) is 5.71 Å². The van der Waals surface area contributed by atoms with E-state index in [9.17, 15) is 0 Å². The van der Waals surface area contributed by atoms with Crippen molar-refractivity contribution >= 4 is 16.5 Å². The lowest BCUT2D eigenvalue weighted by Crippen LogP contribution is -2.32. The highest BCUT2D eigenvalue weighted by molar-refractivity contribution is 6.08. The quantitative estimate of drug-likeness (QED) is 0.630. The van der Waals surface area contributed by atoms with E-state index >= 15 is 0 Å². The molecule has 0 aromatic heterocycles. The Labute approximate surface area is 137 Å².